The van der Waals surface area contributed by atoms with E-state index in [1.54, 1.807) is 0 Å². The Kier molecular flexibility index (Phi) is 8.68. The standard InChI is InChI=1S/C19H35N3O3/c1-3-25-14-16-7-6-10-22(12-16)13-17-8-4-5-9-18(17)21-19(24)11-20-15(2)23/h16-18H,3-14H2,1-2H3,(H,20,23)(H,21,24)/t16?,17-,18+/m1/s1. The lowest BCUT2D eigenvalue weighted by Gasteiger charge is -2.39. The van der Waals surface area contributed by atoms with Crippen molar-refractivity contribution in [2.75, 3.05) is 39.4 Å². The summed E-state index contributed by atoms with van der Waals surface area (Å²) in [6.07, 6.45) is 7.15. The zero-order valence-corrected chi connectivity index (χ0v) is 15.9. The van der Waals surface area contributed by atoms with Crippen LogP contribution in [-0.2, 0) is 14.3 Å². The van der Waals surface area contributed by atoms with Gasteiger partial charge in [-0.1, -0.05) is 12.8 Å². The highest BCUT2D eigenvalue weighted by atomic mass is 16.5. The molecule has 25 heavy (non-hydrogen) atoms. The van der Waals surface area contributed by atoms with Gasteiger partial charge in [-0.15, -0.1) is 0 Å². The number of nitrogens with one attached hydrogen (secondary N) is 2. The summed E-state index contributed by atoms with van der Waals surface area (Å²) in [5.41, 5.74) is 0. The number of rotatable bonds is 8. The maximum Gasteiger partial charge on any atom is 0.239 e. The summed E-state index contributed by atoms with van der Waals surface area (Å²) in [7, 11) is 0. The smallest absolute Gasteiger partial charge is 0.239 e. The van der Waals surface area contributed by atoms with Gasteiger partial charge in [0.1, 0.15) is 0 Å². The Morgan fingerprint density at radius 2 is 1.96 bits per heavy atom. The van der Waals surface area contributed by atoms with Crippen LogP contribution in [0.25, 0.3) is 0 Å². The fraction of sp³-hybridized carbons (Fsp3) is 0.895. The van der Waals surface area contributed by atoms with Crippen molar-refractivity contribution in [2.45, 2.75) is 58.4 Å². The summed E-state index contributed by atoms with van der Waals surface area (Å²) in [6, 6.07) is 0.238. The largest absolute Gasteiger partial charge is 0.381 e. The van der Waals surface area contributed by atoms with E-state index in [-0.39, 0.29) is 24.4 Å². The summed E-state index contributed by atoms with van der Waals surface area (Å²) in [4.78, 5) is 25.6. The van der Waals surface area contributed by atoms with Crippen molar-refractivity contribution in [1.29, 1.82) is 0 Å². The molecule has 1 saturated carbocycles. The number of carbonyl (C=O) groups is 2. The van der Waals surface area contributed by atoms with E-state index >= 15 is 0 Å². The third-order valence-corrected chi connectivity index (χ3v) is 5.41. The number of carbonyl (C=O) groups excluding carboxylic acids is 2. The average molecular weight is 354 g/mol. The van der Waals surface area contributed by atoms with Gasteiger partial charge in [-0.2, -0.15) is 0 Å². The van der Waals surface area contributed by atoms with Crippen molar-refractivity contribution in [3.8, 4) is 0 Å². The van der Waals surface area contributed by atoms with Gasteiger partial charge in [0.15, 0.2) is 0 Å². The Morgan fingerprint density at radius 3 is 2.72 bits per heavy atom. The van der Waals surface area contributed by atoms with Crippen LogP contribution in [0.1, 0.15) is 52.4 Å². The Morgan fingerprint density at radius 1 is 1.16 bits per heavy atom. The molecular weight excluding hydrogens is 318 g/mol. The molecule has 0 aromatic carbocycles. The highest BCUT2D eigenvalue weighted by Crippen LogP contribution is 2.27. The Bertz CT molecular complexity index is 430. The van der Waals surface area contributed by atoms with Gasteiger partial charge < -0.3 is 20.3 Å². The summed E-state index contributed by atoms with van der Waals surface area (Å²) >= 11 is 0. The monoisotopic (exact) mass is 353 g/mol. The van der Waals surface area contributed by atoms with Crippen LogP contribution in [0.3, 0.4) is 0 Å². The van der Waals surface area contributed by atoms with Crippen molar-refractivity contribution in [2.24, 2.45) is 11.8 Å². The van der Waals surface area contributed by atoms with Crippen LogP contribution in [0.15, 0.2) is 0 Å². The molecular formula is C19H35N3O3. The fourth-order valence-corrected chi connectivity index (χ4v) is 4.15. The highest BCUT2D eigenvalue weighted by molar-refractivity contribution is 5.83. The third kappa shape index (κ3) is 7.32. The zero-order chi connectivity index (χ0) is 18.1. The molecule has 1 heterocycles. The first-order valence-electron chi connectivity index (χ1n) is 9.92. The van der Waals surface area contributed by atoms with Gasteiger partial charge in [0.05, 0.1) is 13.2 Å². The molecule has 2 aliphatic rings. The molecule has 1 unspecified atom stereocenters. The molecule has 1 aliphatic carbocycles. The summed E-state index contributed by atoms with van der Waals surface area (Å²) < 4.78 is 5.61. The maximum atomic E-state index is 12.1. The molecule has 2 rings (SSSR count). The van der Waals surface area contributed by atoms with Crippen molar-refractivity contribution < 1.29 is 14.3 Å². The lowest BCUT2D eigenvalue weighted by atomic mass is 9.83. The number of nitrogens with zero attached hydrogens (tertiary/aromatic N) is 1. The molecule has 6 nitrogen and oxygen atoms in total. The van der Waals surface area contributed by atoms with Gasteiger partial charge in [-0.3, -0.25) is 9.59 Å². The van der Waals surface area contributed by atoms with E-state index in [1.165, 1.54) is 39.0 Å². The Labute approximate surface area is 152 Å². The predicted molar refractivity (Wildman–Crippen MR) is 98.2 cm³/mol. The minimum atomic E-state index is -0.163. The third-order valence-electron chi connectivity index (χ3n) is 5.41. The number of amides is 2. The molecule has 0 aromatic rings. The van der Waals surface area contributed by atoms with E-state index in [0.29, 0.717) is 11.8 Å². The summed E-state index contributed by atoms with van der Waals surface area (Å²) in [5.74, 6) is 0.926. The molecule has 2 fully saturated rings. The van der Waals surface area contributed by atoms with Gasteiger partial charge >= 0.3 is 0 Å². The minimum absolute atomic E-state index is 0.0695. The van der Waals surface area contributed by atoms with Crippen LogP contribution in [0.4, 0.5) is 0 Å². The van der Waals surface area contributed by atoms with Crippen LogP contribution >= 0.6 is 0 Å². The lowest BCUT2D eigenvalue weighted by Crippen LogP contribution is -2.50. The highest BCUT2D eigenvalue weighted by Gasteiger charge is 2.30. The second kappa shape index (κ2) is 10.8. The number of hydrogen-bond donors (Lipinski definition) is 2. The zero-order valence-electron chi connectivity index (χ0n) is 15.9. The predicted octanol–water partition coefficient (Wildman–Crippen LogP) is 1.55. The fourth-order valence-electron chi connectivity index (χ4n) is 4.15. The number of piperidine rings is 1. The van der Waals surface area contributed by atoms with Crippen LogP contribution in [-0.4, -0.2) is 62.1 Å². The van der Waals surface area contributed by atoms with E-state index in [1.807, 2.05) is 0 Å². The maximum absolute atomic E-state index is 12.1. The minimum Gasteiger partial charge on any atom is -0.381 e. The first-order valence-corrected chi connectivity index (χ1v) is 9.92. The van der Waals surface area contributed by atoms with Crippen molar-refractivity contribution in [3.63, 3.8) is 0 Å². The molecule has 0 aromatic heterocycles. The second-order valence-corrected chi connectivity index (χ2v) is 7.56. The Balaban J connectivity index is 1.81. The molecule has 2 N–H and O–H groups in total. The van der Waals surface area contributed by atoms with Crippen LogP contribution in [0.5, 0.6) is 0 Å². The van der Waals surface area contributed by atoms with Crippen LogP contribution < -0.4 is 10.6 Å². The van der Waals surface area contributed by atoms with E-state index in [9.17, 15) is 9.59 Å². The molecule has 0 radical (unpaired) electrons. The van der Waals surface area contributed by atoms with E-state index in [4.69, 9.17) is 4.74 Å². The molecule has 1 aliphatic heterocycles. The first kappa shape index (κ1) is 20.2. The van der Waals surface area contributed by atoms with E-state index < -0.39 is 0 Å². The summed E-state index contributed by atoms with van der Waals surface area (Å²) in [5, 5.41) is 5.74. The average Bonchev–Trinajstić information content (AvgIpc) is 2.60. The lowest BCUT2D eigenvalue weighted by molar-refractivity contribution is -0.125. The van der Waals surface area contributed by atoms with Gasteiger partial charge in [0.25, 0.3) is 0 Å². The molecule has 0 spiro atoms. The van der Waals surface area contributed by atoms with E-state index in [0.717, 1.165) is 39.3 Å². The molecule has 144 valence electrons. The number of hydrogen-bond acceptors (Lipinski definition) is 4. The molecule has 0 bridgehead atoms. The molecule has 2 amide bonds. The molecule has 6 heteroatoms. The van der Waals surface area contributed by atoms with Crippen molar-refractivity contribution in [1.82, 2.24) is 15.5 Å². The van der Waals surface area contributed by atoms with Crippen molar-refractivity contribution >= 4 is 11.8 Å². The van der Waals surface area contributed by atoms with Gasteiger partial charge in [-0.25, -0.2) is 0 Å². The first-order chi connectivity index (χ1) is 12.1. The van der Waals surface area contributed by atoms with Crippen molar-refractivity contribution in [3.05, 3.63) is 0 Å². The topological polar surface area (TPSA) is 70.7 Å². The number of ether oxygens (including phenoxy) is 1. The van der Waals surface area contributed by atoms with Gasteiger partial charge in [0.2, 0.25) is 11.8 Å². The SMILES string of the molecule is CCOCC1CCCN(C[C@H]2CCCC[C@@H]2NC(=O)CNC(C)=O)C1. The molecule has 1 saturated heterocycles. The quantitative estimate of drug-likeness (QED) is 0.694. The van der Waals surface area contributed by atoms with Crippen LogP contribution in [0, 0.1) is 11.8 Å². The second-order valence-electron chi connectivity index (χ2n) is 7.56. The van der Waals surface area contributed by atoms with E-state index in [2.05, 4.69) is 22.5 Å². The van der Waals surface area contributed by atoms with Crippen LogP contribution in [0.2, 0.25) is 0 Å². The normalized spacial score (nSPS) is 27.7. The van der Waals surface area contributed by atoms with Gasteiger partial charge in [0, 0.05) is 32.7 Å². The molecule has 3 atom stereocenters. The Hall–Kier alpha value is -1.14. The number of likely N-dealkylation sites (tertiary alicyclic amines) is 1. The van der Waals surface area contributed by atoms with Gasteiger partial charge in [-0.05, 0) is 51.0 Å². The summed E-state index contributed by atoms with van der Waals surface area (Å²) in [6.45, 7) is 8.57.